The lowest BCUT2D eigenvalue weighted by atomic mass is 10.0. The second-order valence-corrected chi connectivity index (χ2v) is 4.21. The largest absolute Gasteiger partial charge is 0.316 e. The summed E-state index contributed by atoms with van der Waals surface area (Å²) in [6, 6.07) is 13.3. The van der Waals surface area contributed by atoms with E-state index in [0.717, 1.165) is 17.7 Å². The minimum absolute atomic E-state index is 0.161. The van der Waals surface area contributed by atoms with Gasteiger partial charge in [0.1, 0.15) is 5.82 Å². The van der Waals surface area contributed by atoms with Gasteiger partial charge in [0.15, 0.2) is 0 Å². The summed E-state index contributed by atoms with van der Waals surface area (Å²) >= 11 is 0. The fraction of sp³-hybridized carbons (Fsp3) is 0.200. The standard InChI is InChI=1S/C15H16FN/c1-11-3-8-14(15(16)9-11)13-6-4-12(5-7-13)10-17-2/h3-9,17H,10H2,1-2H3. The van der Waals surface area contributed by atoms with Crippen molar-refractivity contribution in [3.8, 4) is 11.1 Å². The molecule has 0 bridgehead atoms. The lowest BCUT2D eigenvalue weighted by molar-refractivity contribution is 0.630. The van der Waals surface area contributed by atoms with E-state index in [1.165, 1.54) is 5.56 Å². The molecule has 2 aromatic rings. The first-order chi connectivity index (χ1) is 8.20. The molecule has 0 aliphatic heterocycles. The normalized spacial score (nSPS) is 10.5. The molecular weight excluding hydrogens is 213 g/mol. The van der Waals surface area contributed by atoms with Gasteiger partial charge in [-0.15, -0.1) is 0 Å². The second kappa shape index (κ2) is 5.11. The van der Waals surface area contributed by atoms with Gasteiger partial charge in [0.05, 0.1) is 0 Å². The molecule has 1 nitrogen and oxygen atoms in total. The number of hydrogen-bond acceptors (Lipinski definition) is 1. The summed E-state index contributed by atoms with van der Waals surface area (Å²) in [7, 11) is 1.91. The Labute approximate surface area is 101 Å². The van der Waals surface area contributed by atoms with E-state index in [1.807, 2.05) is 50.4 Å². The van der Waals surface area contributed by atoms with Crippen LogP contribution in [-0.2, 0) is 6.54 Å². The van der Waals surface area contributed by atoms with Gasteiger partial charge in [0, 0.05) is 12.1 Å². The fourth-order valence-corrected chi connectivity index (χ4v) is 1.86. The van der Waals surface area contributed by atoms with E-state index in [2.05, 4.69) is 5.32 Å². The predicted molar refractivity (Wildman–Crippen MR) is 69.3 cm³/mol. The molecule has 0 unspecified atom stereocenters. The van der Waals surface area contributed by atoms with Crippen molar-refractivity contribution in [1.82, 2.24) is 5.32 Å². The molecule has 0 spiro atoms. The van der Waals surface area contributed by atoms with Crippen LogP contribution in [0.15, 0.2) is 42.5 Å². The van der Waals surface area contributed by atoms with Gasteiger partial charge < -0.3 is 5.32 Å². The van der Waals surface area contributed by atoms with Crippen LogP contribution in [0.5, 0.6) is 0 Å². The van der Waals surface area contributed by atoms with E-state index in [-0.39, 0.29) is 5.82 Å². The van der Waals surface area contributed by atoms with Crippen LogP contribution in [-0.4, -0.2) is 7.05 Å². The van der Waals surface area contributed by atoms with Crippen molar-refractivity contribution in [2.75, 3.05) is 7.05 Å². The van der Waals surface area contributed by atoms with E-state index in [4.69, 9.17) is 0 Å². The number of aryl methyl sites for hydroxylation is 1. The minimum Gasteiger partial charge on any atom is -0.316 e. The lowest BCUT2D eigenvalue weighted by Gasteiger charge is -2.06. The van der Waals surface area contributed by atoms with Crippen molar-refractivity contribution >= 4 is 0 Å². The summed E-state index contributed by atoms with van der Waals surface area (Å²) in [6.07, 6.45) is 0. The molecule has 0 saturated carbocycles. The van der Waals surface area contributed by atoms with Crippen molar-refractivity contribution in [2.45, 2.75) is 13.5 Å². The lowest BCUT2D eigenvalue weighted by Crippen LogP contribution is -2.04. The number of hydrogen-bond donors (Lipinski definition) is 1. The zero-order valence-corrected chi connectivity index (χ0v) is 10.1. The first-order valence-electron chi connectivity index (χ1n) is 5.71. The smallest absolute Gasteiger partial charge is 0.131 e. The number of halogens is 1. The molecule has 0 aromatic heterocycles. The second-order valence-electron chi connectivity index (χ2n) is 4.21. The molecule has 0 fully saturated rings. The molecule has 1 N–H and O–H groups in total. The highest BCUT2D eigenvalue weighted by Gasteiger charge is 2.04. The Kier molecular flexibility index (Phi) is 3.55. The van der Waals surface area contributed by atoms with Gasteiger partial charge in [-0.1, -0.05) is 36.4 Å². The van der Waals surface area contributed by atoms with Crippen molar-refractivity contribution in [2.24, 2.45) is 0 Å². The highest BCUT2D eigenvalue weighted by molar-refractivity contribution is 5.64. The molecule has 0 saturated heterocycles. The minimum atomic E-state index is -0.161. The summed E-state index contributed by atoms with van der Waals surface area (Å²) in [5.74, 6) is -0.161. The summed E-state index contributed by atoms with van der Waals surface area (Å²) in [4.78, 5) is 0. The van der Waals surface area contributed by atoms with Crippen molar-refractivity contribution in [1.29, 1.82) is 0 Å². The molecule has 0 aliphatic carbocycles. The Hall–Kier alpha value is -1.67. The van der Waals surface area contributed by atoms with Crippen molar-refractivity contribution in [3.05, 3.63) is 59.4 Å². The third-order valence-electron chi connectivity index (χ3n) is 2.77. The summed E-state index contributed by atoms with van der Waals surface area (Å²) in [5, 5.41) is 3.09. The van der Waals surface area contributed by atoms with Gasteiger partial charge in [-0.2, -0.15) is 0 Å². The summed E-state index contributed by atoms with van der Waals surface area (Å²) < 4.78 is 13.8. The van der Waals surface area contributed by atoms with Gasteiger partial charge >= 0.3 is 0 Å². The molecule has 0 amide bonds. The Morgan fingerprint density at radius 2 is 1.76 bits per heavy atom. The maximum absolute atomic E-state index is 13.8. The monoisotopic (exact) mass is 229 g/mol. The van der Waals surface area contributed by atoms with Gasteiger partial charge in [-0.05, 0) is 36.7 Å². The Morgan fingerprint density at radius 3 is 2.35 bits per heavy atom. The number of nitrogens with one attached hydrogen (secondary N) is 1. The van der Waals surface area contributed by atoms with Crippen LogP contribution in [0.25, 0.3) is 11.1 Å². The van der Waals surface area contributed by atoms with Gasteiger partial charge in [-0.3, -0.25) is 0 Å². The predicted octanol–water partition coefficient (Wildman–Crippen LogP) is 3.52. The molecule has 0 aliphatic rings. The zero-order valence-electron chi connectivity index (χ0n) is 10.1. The van der Waals surface area contributed by atoms with E-state index in [1.54, 1.807) is 6.07 Å². The van der Waals surface area contributed by atoms with Crippen LogP contribution < -0.4 is 5.32 Å². The van der Waals surface area contributed by atoms with Gasteiger partial charge in [-0.25, -0.2) is 4.39 Å². The Balaban J connectivity index is 2.33. The molecule has 2 heteroatoms. The highest BCUT2D eigenvalue weighted by Crippen LogP contribution is 2.23. The Bertz CT molecular complexity index is 503. The SMILES string of the molecule is CNCc1ccc(-c2ccc(C)cc2F)cc1. The van der Waals surface area contributed by atoms with E-state index in [9.17, 15) is 4.39 Å². The van der Waals surface area contributed by atoms with E-state index >= 15 is 0 Å². The number of benzene rings is 2. The molecule has 17 heavy (non-hydrogen) atoms. The molecule has 2 rings (SSSR count). The van der Waals surface area contributed by atoms with Crippen LogP contribution in [0.3, 0.4) is 0 Å². The first-order valence-corrected chi connectivity index (χ1v) is 5.71. The van der Waals surface area contributed by atoms with Gasteiger partial charge in [0.25, 0.3) is 0 Å². The molecule has 0 atom stereocenters. The van der Waals surface area contributed by atoms with E-state index < -0.39 is 0 Å². The quantitative estimate of drug-likeness (QED) is 0.849. The fourth-order valence-electron chi connectivity index (χ4n) is 1.86. The molecule has 0 heterocycles. The topological polar surface area (TPSA) is 12.0 Å². The van der Waals surface area contributed by atoms with E-state index in [0.29, 0.717) is 5.56 Å². The summed E-state index contributed by atoms with van der Waals surface area (Å²) in [5.41, 5.74) is 3.72. The average molecular weight is 229 g/mol. The number of rotatable bonds is 3. The van der Waals surface area contributed by atoms with Crippen LogP contribution >= 0.6 is 0 Å². The molecule has 88 valence electrons. The highest BCUT2D eigenvalue weighted by atomic mass is 19.1. The van der Waals surface area contributed by atoms with Crippen molar-refractivity contribution in [3.63, 3.8) is 0 Å². The molecule has 0 radical (unpaired) electrons. The third kappa shape index (κ3) is 2.71. The maximum atomic E-state index is 13.8. The molecular formula is C15H16FN. The maximum Gasteiger partial charge on any atom is 0.131 e. The van der Waals surface area contributed by atoms with Crippen LogP contribution in [0.1, 0.15) is 11.1 Å². The van der Waals surface area contributed by atoms with Crippen LogP contribution in [0.4, 0.5) is 4.39 Å². The van der Waals surface area contributed by atoms with Crippen molar-refractivity contribution < 1.29 is 4.39 Å². The Morgan fingerprint density at radius 1 is 1.06 bits per heavy atom. The van der Waals surface area contributed by atoms with Crippen LogP contribution in [0, 0.1) is 12.7 Å². The van der Waals surface area contributed by atoms with Crippen LogP contribution in [0.2, 0.25) is 0 Å². The molecule has 2 aromatic carbocycles. The zero-order chi connectivity index (χ0) is 12.3. The third-order valence-corrected chi connectivity index (χ3v) is 2.77. The first kappa shape index (κ1) is 11.8. The van der Waals surface area contributed by atoms with Gasteiger partial charge in [0.2, 0.25) is 0 Å². The summed E-state index contributed by atoms with van der Waals surface area (Å²) in [6.45, 7) is 2.72. The average Bonchev–Trinajstić information content (AvgIpc) is 2.31.